The predicted octanol–water partition coefficient (Wildman–Crippen LogP) is 6.64. The Morgan fingerprint density at radius 3 is 1.78 bits per heavy atom. The van der Waals surface area contributed by atoms with Gasteiger partial charge in [-0.1, -0.05) is 29.7 Å². The van der Waals surface area contributed by atoms with Crippen molar-refractivity contribution in [2.45, 2.75) is 6.92 Å². The minimum absolute atomic E-state index is 0.0913. The van der Waals surface area contributed by atoms with Gasteiger partial charge in [-0.05, 0) is 77.9 Å². The fourth-order valence-corrected chi connectivity index (χ4v) is 3.11. The molecule has 0 heterocycles. The van der Waals surface area contributed by atoms with Gasteiger partial charge in [0.2, 0.25) is 0 Å². The fraction of sp³-hybridized carbons (Fsp3) is 0.0370. The van der Waals surface area contributed by atoms with Crippen molar-refractivity contribution >= 4 is 10.8 Å². The van der Waals surface area contributed by atoms with Crippen LogP contribution in [-0.2, 0) is 0 Å². The SMILES string of the molecule is Cc1cc(F)c(C#Cc2ccc(C#Cc3ccc4cc(F)c(F)cc4c3)c(F)c2)c(F)c1. The monoisotopic (exact) mass is 432 g/mol. The van der Waals surface area contributed by atoms with Crippen LogP contribution in [0.4, 0.5) is 22.0 Å². The summed E-state index contributed by atoms with van der Waals surface area (Å²) in [5.41, 5.74) is 0.872. The lowest BCUT2D eigenvalue weighted by molar-refractivity contribution is 0.511. The van der Waals surface area contributed by atoms with Crippen molar-refractivity contribution < 1.29 is 22.0 Å². The van der Waals surface area contributed by atoms with Crippen LogP contribution in [0.1, 0.15) is 27.8 Å². The zero-order valence-corrected chi connectivity index (χ0v) is 16.7. The number of aryl methyl sites for hydroxylation is 1. The first-order chi connectivity index (χ1) is 15.3. The van der Waals surface area contributed by atoms with Crippen molar-refractivity contribution in [3.63, 3.8) is 0 Å². The maximum Gasteiger partial charge on any atom is 0.159 e. The standard InChI is InChI=1S/C27H13F5/c1-16-10-24(29)22(25(30)11-16)9-5-18-3-7-19(23(28)13-18)6-2-17-4-8-20-14-26(31)27(32)15-21(20)12-17/h3-4,7-8,10-15H,1H3. The molecular formula is C27H13F5. The number of benzene rings is 4. The molecule has 5 heteroatoms. The second kappa shape index (κ2) is 8.57. The quantitative estimate of drug-likeness (QED) is 0.216. The molecule has 0 unspecified atom stereocenters. The molecule has 4 rings (SSSR count). The molecule has 4 aromatic rings. The summed E-state index contributed by atoms with van der Waals surface area (Å²) in [6.07, 6.45) is 0. The van der Waals surface area contributed by atoms with Crippen molar-refractivity contribution in [1.82, 2.24) is 0 Å². The summed E-state index contributed by atoms with van der Waals surface area (Å²) < 4.78 is 69.0. The molecule has 0 aliphatic carbocycles. The van der Waals surface area contributed by atoms with Gasteiger partial charge < -0.3 is 0 Å². The van der Waals surface area contributed by atoms with Crippen LogP contribution in [0.5, 0.6) is 0 Å². The minimum Gasteiger partial charge on any atom is -0.206 e. The van der Waals surface area contributed by atoms with Crippen molar-refractivity contribution in [2.75, 3.05) is 0 Å². The number of fused-ring (bicyclic) bond motifs is 1. The Balaban J connectivity index is 1.60. The maximum absolute atomic E-state index is 14.4. The van der Waals surface area contributed by atoms with Crippen LogP contribution in [-0.4, -0.2) is 0 Å². The van der Waals surface area contributed by atoms with E-state index in [-0.39, 0.29) is 16.7 Å². The molecular weight excluding hydrogens is 419 g/mol. The molecule has 0 aromatic heterocycles. The Hall–Kier alpha value is -4.09. The van der Waals surface area contributed by atoms with E-state index in [4.69, 9.17) is 0 Å². The van der Waals surface area contributed by atoms with Gasteiger partial charge in [-0.2, -0.15) is 0 Å². The number of halogens is 5. The summed E-state index contributed by atoms with van der Waals surface area (Å²) in [5.74, 6) is 6.30. The molecule has 0 nitrogen and oxygen atoms in total. The van der Waals surface area contributed by atoms with Gasteiger partial charge >= 0.3 is 0 Å². The smallest absolute Gasteiger partial charge is 0.159 e. The molecule has 0 saturated heterocycles. The number of hydrogen-bond donors (Lipinski definition) is 0. The van der Waals surface area contributed by atoms with E-state index in [0.29, 0.717) is 21.9 Å². The molecule has 0 aliphatic rings. The highest BCUT2D eigenvalue weighted by Gasteiger charge is 2.08. The third-order valence-corrected chi connectivity index (χ3v) is 4.71. The summed E-state index contributed by atoms with van der Waals surface area (Å²) in [4.78, 5) is 0. The Kier molecular flexibility index (Phi) is 5.67. The summed E-state index contributed by atoms with van der Waals surface area (Å²) >= 11 is 0. The first kappa shape index (κ1) is 21.2. The van der Waals surface area contributed by atoms with Crippen LogP contribution in [0, 0.1) is 59.7 Å². The van der Waals surface area contributed by atoms with E-state index in [1.54, 1.807) is 25.1 Å². The predicted molar refractivity (Wildman–Crippen MR) is 113 cm³/mol. The highest BCUT2D eigenvalue weighted by Crippen LogP contribution is 2.20. The van der Waals surface area contributed by atoms with Crippen LogP contribution in [0.2, 0.25) is 0 Å². The minimum atomic E-state index is -0.962. The first-order valence-electron chi connectivity index (χ1n) is 9.48. The Morgan fingerprint density at radius 1 is 0.500 bits per heavy atom. The van der Waals surface area contributed by atoms with Crippen LogP contribution in [0.25, 0.3) is 10.8 Å². The van der Waals surface area contributed by atoms with E-state index in [9.17, 15) is 22.0 Å². The van der Waals surface area contributed by atoms with Crippen LogP contribution in [0.3, 0.4) is 0 Å². The Morgan fingerprint density at radius 2 is 1.09 bits per heavy atom. The Bertz CT molecular complexity index is 1470. The lowest BCUT2D eigenvalue weighted by Gasteiger charge is -2.00. The van der Waals surface area contributed by atoms with Gasteiger partial charge in [-0.15, -0.1) is 0 Å². The average molecular weight is 432 g/mol. The summed E-state index contributed by atoms with van der Waals surface area (Å²) in [6.45, 7) is 1.56. The molecule has 4 aromatic carbocycles. The molecule has 0 fully saturated rings. The molecule has 0 spiro atoms. The van der Waals surface area contributed by atoms with E-state index in [2.05, 4.69) is 23.7 Å². The molecule has 0 radical (unpaired) electrons. The first-order valence-corrected chi connectivity index (χ1v) is 9.48. The number of hydrogen-bond acceptors (Lipinski definition) is 0. The summed E-state index contributed by atoms with van der Waals surface area (Å²) in [5, 5.41) is 0.988. The van der Waals surface area contributed by atoms with Crippen molar-refractivity contribution in [3.8, 4) is 23.7 Å². The second-order valence-electron chi connectivity index (χ2n) is 7.13. The van der Waals surface area contributed by atoms with E-state index in [1.165, 1.54) is 24.3 Å². The molecule has 0 N–H and O–H groups in total. The van der Waals surface area contributed by atoms with Gasteiger partial charge in [0.15, 0.2) is 11.6 Å². The number of rotatable bonds is 0. The lowest BCUT2D eigenvalue weighted by atomic mass is 10.1. The van der Waals surface area contributed by atoms with E-state index < -0.39 is 29.1 Å². The van der Waals surface area contributed by atoms with Gasteiger partial charge in [0.25, 0.3) is 0 Å². The van der Waals surface area contributed by atoms with Gasteiger partial charge in [-0.25, -0.2) is 22.0 Å². The van der Waals surface area contributed by atoms with E-state index in [0.717, 1.165) is 18.2 Å². The molecule has 0 bridgehead atoms. The summed E-state index contributed by atoms with van der Waals surface area (Å²) in [6, 6.07) is 13.3. The molecule has 0 amide bonds. The third kappa shape index (κ3) is 4.48. The van der Waals surface area contributed by atoms with Crippen LogP contribution in [0.15, 0.2) is 60.7 Å². The summed E-state index contributed by atoms with van der Waals surface area (Å²) in [7, 11) is 0. The fourth-order valence-electron chi connectivity index (χ4n) is 3.11. The van der Waals surface area contributed by atoms with Crippen LogP contribution < -0.4 is 0 Å². The van der Waals surface area contributed by atoms with Crippen LogP contribution >= 0.6 is 0 Å². The molecule has 0 aliphatic heterocycles. The third-order valence-electron chi connectivity index (χ3n) is 4.71. The second-order valence-corrected chi connectivity index (χ2v) is 7.13. The van der Waals surface area contributed by atoms with E-state index in [1.807, 2.05) is 0 Å². The Labute approximate surface area is 181 Å². The van der Waals surface area contributed by atoms with Crippen molar-refractivity contribution in [3.05, 3.63) is 118 Å². The van der Waals surface area contributed by atoms with Crippen molar-refractivity contribution in [2.24, 2.45) is 0 Å². The highest BCUT2D eigenvalue weighted by atomic mass is 19.2. The highest BCUT2D eigenvalue weighted by molar-refractivity contribution is 5.84. The average Bonchev–Trinajstić information content (AvgIpc) is 2.73. The van der Waals surface area contributed by atoms with Gasteiger partial charge in [0.05, 0.1) is 11.1 Å². The lowest BCUT2D eigenvalue weighted by Crippen LogP contribution is -1.92. The zero-order valence-electron chi connectivity index (χ0n) is 16.7. The molecule has 0 saturated carbocycles. The molecule has 0 atom stereocenters. The van der Waals surface area contributed by atoms with Gasteiger partial charge in [-0.3, -0.25) is 0 Å². The maximum atomic E-state index is 14.4. The van der Waals surface area contributed by atoms with E-state index >= 15 is 0 Å². The largest absolute Gasteiger partial charge is 0.206 e. The molecule has 156 valence electrons. The zero-order chi connectivity index (χ0) is 22.8. The van der Waals surface area contributed by atoms with Crippen molar-refractivity contribution in [1.29, 1.82) is 0 Å². The van der Waals surface area contributed by atoms with Gasteiger partial charge in [0, 0.05) is 11.1 Å². The molecule has 32 heavy (non-hydrogen) atoms. The topological polar surface area (TPSA) is 0 Å². The van der Waals surface area contributed by atoms with Gasteiger partial charge in [0.1, 0.15) is 17.5 Å². The normalized spacial score (nSPS) is 10.3.